The molecule has 2 aliphatic heterocycles. The van der Waals surface area contributed by atoms with Crippen LogP contribution in [0.5, 0.6) is 11.5 Å². The monoisotopic (exact) mass is 530 g/mol. The van der Waals surface area contributed by atoms with Crippen molar-refractivity contribution in [1.82, 2.24) is 10.2 Å². The molecule has 1 amide bonds. The molecule has 0 spiro atoms. The number of likely N-dealkylation sites (tertiary alicyclic amines) is 1. The average molecular weight is 530 g/mol. The van der Waals surface area contributed by atoms with Crippen LogP contribution in [0.15, 0.2) is 36.4 Å². The molecular formula is C25H27F5N2O5. The highest BCUT2D eigenvalue weighted by Crippen LogP contribution is 2.37. The smallest absolute Gasteiger partial charge is 0.492 e. The molecule has 7 nitrogen and oxygen atoms in total. The largest absolute Gasteiger partial charge is 0.573 e. The van der Waals surface area contributed by atoms with Crippen molar-refractivity contribution in [2.24, 2.45) is 0 Å². The van der Waals surface area contributed by atoms with Crippen LogP contribution in [-0.2, 0) is 17.3 Å². The number of aliphatic hydroxyl groups is 1. The number of halogens is 5. The highest BCUT2D eigenvalue weighted by Gasteiger charge is 2.38. The van der Waals surface area contributed by atoms with Crippen LogP contribution in [0, 0.1) is 0 Å². The molecule has 2 aromatic rings. The number of nitrogens with one attached hydrogen (secondary N) is 1. The molecule has 202 valence electrons. The van der Waals surface area contributed by atoms with Crippen molar-refractivity contribution in [1.29, 1.82) is 0 Å². The van der Waals surface area contributed by atoms with Gasteiger partial charge in [0, 0.05) is 35.3 Å². The molecule has 2 aromatic carbocycles. The van der Waals surface area contributed by atoms with E-state index in [-0.39, 0.29) is 47.3 Å². The van der Waals surface area contributed by atoms with E-state index in [0.717, 1.165) is 12.1 Å². The summed E-state index contributed by atoms with van der Waals surface area (Å²) in [6.45, 7) is 1.28. The van der Waals surface area contributed by atoms with E-state index in [1.807, 2.05) is 11.9 Å². The highest BCUT2D eigenvalue weighted by atomic mass is 19.4. The molecule has 37 heavy (non-hydrogen) atoms. The van der Waals surface area contributed by atoms with Crippen molar-refractivity contribution < 1.29 is 46.1 Å². The van der Waals surface area contributed by atoms with Gasteiger partial charge in [-0.3, -0.25) is 9.69 Å². The van der Waals surface area contributed by atoms with Crippen LogP contribution in [0.4, 0.5) is 22.0 Å². The first-order chi connectivity index (χ1) is 17.3. The molecule has 0 saturated carbocycles. The Morgan fingerprint density at radius 2 is 2.03 bits per heavy atom. The number of likely N-dealkylation sites (N-methyl/N-ethyl adjacent to an activating group) is 1. The summed E-state index contributed by atoms with van der Waals surface area (Å²) >= 11 is 0. The molecule has 3 atom stereocenters. The van der Waals surface area contributed by atoms with Crippen molar-refractivity contribution in [2.45, 2.75) is 50.4 Å². The number of aliphatic hydroxyl groups excluding tert-OH is 1. The normalized spacial score (nSPS) is 22.3. The third kappa shape index (κ3) is 6.49. The Bertz CT molecular complexity index is 1140. The first-order valence-electron chi connectivity index (χ1n) is 11.6. The fourth-order valence-electron chi connectivity index (χ4n) is 4.55. The summed E-state index contributed by atoms with van der Waals surface area (Å²) in [5.41, 5.74) is 0.0463. The Kier molecular flexibility index (Phi) is 7.63. The molecule has 0 aromatic heterocycles. The number of amides is 1. The van der Waals surface area contributed by atoms with Crippen LogP contribution in [0.1, 0.15) is 46.4 Å². The standard InChI is InChI=1S/C25H27F5N2O5/c1-14(31-23(34)15-3-6-21-16(7-15)11-35-13-24(21,26)27)20-5-4-19(9-22(20)37-25(28,29)30)36-12-17-8-18(33)10-32(17)2/h3-7,9,14,17-18,33H,8,10-13H2,1-2H3,(H,31,34)/t14-,17+,18+/m0/s1. The Balaban J connectivity index is 1.49. The first kappa shape index (κ1) is 27.1. The summed E-state index contributed by atoms with van der Waals surface area (Å²) in [4.78, 5) is 14.7. The zero-order valence-corrected chi connectivity index (χ0v) is 20.1. The van der Waals surface area contributed by atoms with E-state index in [0.29, 0.717) is 13.0 Å². The minimum Gasteiger partial charge on any atom is -0.492 e. The summed E-state index contributed by atoms with van der Waals surface area (Å²) in [6.07, 6.45) is -5.00. The Morgan fingerprint density at radius 3 is 2.70 bits per heavy atom. The van der Waals surface area contributed by atoms with Crippen molar-refractivity contribution >= 4 is 5.91 Å². The summed E-state index contributed by atoms with van der Waals surface area (Å²) in [5.74, 6) is -4.25. The molecule has 12 heteroatoms. The first-order valence-corrected chi connectivity index (χ1v) is 11.6. The number of nitrogens with zero attached hydrogens (tertiary/aromatic N) is 1. The number of hydrogen-bond acceptors (Lipinski definition) is 6. The van der Waals surface area contributed by atoms with Gasteiger partial charge in [0.2, 0.25) is 0 Å². The molecule has 0 aliphatic carbocycles. The van der Waals surface area contributed by atoms with Crippen molar-refractivity contribution in [3.8, 4) is 11.5 Å². The van der Waals surface area contributed by atoms with E-state index in [9.17, 15) is 31.9 Å². The Hall–Kier alpha value is -2.96. The Morgan fingerprint density at radius 1 is 1.27 bits per heavy atom. The van der Waals surface area contributed by atoms with Crippen LogP contribution in [0.2, 0.25) is 0 Å². The lowest BCUT2D eigenvalue weighted by Crippen LogP contribution is -2.31. The maximum Gasteiger partial charge on any atom is 0.573 e. The number of carbonyl (C=O) groups excluding carboxylic acids is 1. The molecule has 4 rings (SSSR count). The second kappa shape index (κ2) is 10.4. The SMILES string of the molecule is C[C@H](NC(=O)c1ccc2c(c1)COCC2(F)F)c1ccc(OC[C@H]2C[C@@H](O)CN2C)cc1OC(F)(F)F. The predicted octanol–water partition coefficient (Wildman–Crippen LogP) is 4.14. The third-order valence-electron chi connectivity index (χ3n) is 6.44. The number of fused-ring (bicyclic) bond motifs is 1. The van der Waals surface area contributed by atoms with Crippen molar-refractivity contribution in [3.05, 3.63) is 58.7 Å². The summed E-state index contributed by atoms with van der Waals surface area (Å²) in [6, 6.07) is 6.57. The molecule has 1 fully saturated rings. The van der Waals surface area contributed by atoms with Gasteiger partial charge in [0.15, 0.2) is 0 Å². The quantitative estimate of drug-likeness (QED) is 0.524. The van der Waals surface area contributed by atoms with Crippen LogP contribution in [0.3, 0.4) is 0 Å². The lowest BCUT2D eigenvalue weighted by atomic mass is 9.97. The lowest BCUT2D eigenvalue weighted by molar-refractivity contribution is -0.275. The van der Waals surface area contributed by atoms with E-state index < -0.39 is 42.7 Å². The van der Waals surface area contributed by atoms with Crippen molar-refractivity contribution in [2.75, 3.05) is 26.8 Å². The number of β-amino-alcohol motifs (C(OH)–C–C–N with tert-alkyl or cyclic N) is 1. The molecule has 0 unspecified atom stereocenters. The van der Waals surface area contributed by atoms with E-state index in [4.69, 9.17) is 9.47 Å². The minimum atomic E-state index is -4.99. The second-order valence-corrected chi connectivity index (χ2v) is 9.31. The van der Waals surface area contributed by atoms with Gasteiger partial charge >= 0.3 is 6.36 Å². The number of ether oxygens (including phenoxy) is 3. The molecular weight excluding hydrogens is 503 g/mol. The van der Waals surface area contributed by atoms with Crippen LogP contribution >= 0.6 is 0 Å². The van der Waals surface area contributed by atoms with Gasteiger partial charge in [-0.2, -0.15) is 8.78 Å². The molecule has 2 aliphatic rings. The van der Waals surface area contributed by atoms with Gasteiger partial charge in [0.25, 0.3) is 11.8 Å². The van der Waals surface area contributed by atoms with E-state index in [1.165, 1.54) is 31.2 Å². The maximum absolute atomic E-state index is 14.0. The van der Waals surface area contributed by atoms with E-state index in [1.54, 1.807) is 0 Å². The molecule has 0 radical (unpaired) electrons. The predicted molar refractivity (Wildman–Crippen MR) is 122 cm³/mol. The fourth-order valence-corrected chi connectivity index (χ4v) is 4.55. The van der Waals surface area contributed by atoms with Crippen LogP contribution in [0.25, 0.3) is 0 Å². The van der Waals surface area contributed by atoms with Gasteiger partial charge in [0.1, 0.15) is 24.7 Å². The molecule has 2 heterocycles. The third-order valence-corrected chi connectivity index (χ3v) is 6.44. The average Bonchev–Trinajstić information content (AvgIpc) is 3.12. The zero-order chi connectivity index (χ0) is 27.0. The van der Waals surface area contributed by atoms with Crippen LogP contribution in [-0.4, -0.2) is 61.2 Å². The van der Waals surface area contributed by atoms with Crippen LogP contribution < -0.4 is 14.8 Å². The fraction of sp³-hybridized carbons (Fsp3) is 0.480. The summed E-state index contributed by atoms with van der Waals surface area (Å²) in [7, 11) is 1.82. The van der Waals surface area contributed by atoms with E-state index >= 15 is 0 Å². The number of hydrogen-bond donors (Lipinski definition) is 2. The zero-order valence-electron chi connectivity index (χ0n) is 20.1. The molecule has 1 saturated heterocycles. The number of rotatable bonds is 7. The maximum atomic E-state index is 14.0. The minimum absolute atomic E-state index is 0.0410. The second-order valence-electron chi connectivity index (χ2n) is 9.31. The summed E-state index contributed by atoms with van der Waals surface area (Å²) < 4.78 is 82.2. The highest BCUT2D eigenvalue weighted by molar-refractivity contribution is 5.94. The lowest BCUT2D eigenvalue weighted by Gasteiger charge is -2.26. The van der Waals surface area contributed by atoms with Gasteiger partial charge in [-0.15, -0.1) is 13.2 Å². The van der Waals surface area contributed by atoms with Gasteiger partial charge < -0.3 is 24.6 Å². The number of benzene rings is 2. The number of carbonyl (C=O) groups is 1. The van der Waals surface area contributed by atoms with Crippen molar-refractivity contribution in [3.63, 3.8) is 0 Å². The van der Waals surface area contributed by atoms with Gasteiger partial charge in [-0.1, -0.05) is 6.07 Å². The van der Waals surface area contributed by atoms with Gasteiger partial charge in [-0.05, 0) is 50.2 Å². The summed E-state index contributed by atoms with van der Waals surface area (Å²) in [5, 5.41) is 12.3. The van der Waals surface area contributed by atoms with Gasteiger partial charge in [-0.25, -0.2) is 0 Å². The molecule has 2 N–H and O–H groups in total. The molecule has 0 bridgehead atoms. The Labute approximate surface area is 210 Å². The van der Waals surface area contributed by atoms with E-state index in [2.05, 4.69) is 10.1 Å². The number of alkyl halides is 5. The van der Waals surface area contributed by atoms with Gasteiger partial charge in [0.05, 0.1) is 18.8 Å². The topological polar surface area (TPSA) is 80.3 Å².